The fraction of sp³-hybridized carbons (Fsp3) is 0.478. The molecule has 0 spiro atoms. The molecule has 2 heterocycles. The SMILES string of the molecule is CC1CN(C2CCN(S(=O)(=O)c3ccc4ccccc4c3)CC2)CC(C)O1.O=C(O)C(=O)O. The first-order valence-electron chi connectivity index (χ1n) is 10.9. The molecule has 2 unspecified atom stereocenters. The van der Waals surface area contributed by atoms with Gasteiger partial charge in [0.1, 0.15) is 0 Å². The number of hydrogen-bond donors (Lipinski definition) is 2. The zero-order valence-electron chi connectivity index (χ0n) is 18.8. The molecule has 9 nitrogen and oxygen atoms in total. The first kappa shape index (κ1) is 25.1. The quantitative estimate of drug-likeness (QED) is 0.644. The zero-order valence-corrected chi connectivity index (χ0v) is 19.6. The first-order valence-corrected chi connectivity index (χ1v) is 12.4. The van der Waals surface area contributed by atoms with Crippen LogP contribution < -0.4 is 0 Å². The van der Waals surface area contributed by atoms with Crippen LogP contribution in [-0.4, -0.2) is 84.2 Å². The second kappa shape index (κ2) is 10.6. The van der Waals surface area contributed by atoms with Crippen molar-refractivity contribution in [2.24, 2.45) is 0 Å². The Morgan fingerprint density at radius 2 is 1.45 bits per heavy atom. The van der Waals surface area contributed by atoms with Crippen molar-refractivity contribution in [3.63, 3.8) is 0 Å². The lowest BCUT2D eigenvalue weighted by atomic mass is 10.0. The molecule has 0 aromatic heterocycles. The van der Waals surface area contributed by atoms with Gasteiger partial charge in [-0.05, 0) is 49.6 Å². The Hall–Kier alpha value is -2.53. The summed E-state index contributed by atoms with van der Waals surface area (Å²) >= 11 is 0. The van der Waals surface area contributed by atoms with Gasteiger partial charge in [-0.25, -0.2) is 18.0 Å². The Kier molecular flexibility index (Phi) is 8.06. The molecule has 10 heteroatoms. The molecule has 0 amide bonds. The van der Waals surface area contributed by atoms with Gasteiger partial charge >= 0.3 is 11.9 Å². The predicted octanol–water partition coefficient (Wildman–Crippen LogP) is 2.26. The van der Waals surface area contributed by atoms with Crippen molar-refractivity contribution in [2.75, 3.05) is 26.2 Å². The summed E-state index contributed by atoms with van der Waals surface area (Å²) in [6.45, 7) is 7.27. The zero-order chi connectivity index (χ0) is 24.2. The third-order valence-corrected chi connectivity index (χ3v) is 7.82. The largest absolute Gasteiger partial charge is 0.473 e. The number of morpholine rings is 1. The Balaban J connectivity index is 0.000000454. The van der Waals surface area contributed by atoms with Crippen LogP contribution in [0.3, 0.4) is 0 Å². The molecule has 0 bridgehead atoms. The van der Waals surface area contributed by atoms with Crippen LogP contribution in [0.2, 0.25) is 0 Å². The van der Waals surface area contributed by atoms with Crippen molar-refractivity contribution in [3.05, 3.63) is 42.5 Å². The summed E-state index contributed by atoms with van der Waals surface area (Å²) in [5.74, 6) is -3.65. The average Bonchev–Trinajstić information content (AvgIpc) is 2.78. The maximum atomic E-state index is 13.1. The molecular weight excluding hydrogens is 448 g/mol. The fourth-order valence-electron chi connectivity index (χ4n) is 4.44. The van der Waals surface area contributed by atoms with E-state index in [2.05, 4.69) is 18.7 Å². The molecule has 2 aromatic rings. The van der Waals surface area contributed by atoms with Crippen molar-refractivity contribution in [2.45, 2.75) is 49.8 Å². The lowest BCUT2D eigenvalue weighted by Gasteiger charge is -2.43. The van der Waals surface area contributed by atoms with E-state index >= 15 is 0 Å². The molecule has 2 aliphatic rings. The molecule has 4 rings (SSSR count). The van der Waals surface area contributed by atoms with Gasteiger partial charge < -0.3 is 14.9 Å². The van der Waals surface area contributed by atoms with Crippen LogP contribution in [-0.2, 0) is 24.3 Å². The van der Waals surface area contributed by atoms with Gasteiger partial charge in [-0.3, -0.25) is 4.90 Å². The fourth-order valence-corrected chi connectivity index (χ4v) is 5.95. The van der Waals surface area contributed by atoms with Crippen LogP contribution in [0.5, 0.6) is 0 Å². The highest BCUT2D eigenvalue weighted by atomic mass is 32.2. The number of nitrogens with zero attached hydrogens (tertiary/aromatic N) is 2. The van der Waals surface area contributed by atoms with E-state index in [-0.39, 0.29) is 12.2 Å². The Morgan fingerprint density at radius 3 is 2.00 bits per heavy atom. The first-order chi connectivity index (χ1) is 15.6. The number of carboxylic acids is 2. The second-order valence-corrected chi connectivity index (χ2v) is 10.4. The number of fused-ring (bicyclic) bond motifs is 1. The third-order valence-electron chi connectivity index (χ3n) is 5.93. The highest BCUT2D eigenvalue weighted by Crippen LogP contribution is 2.27. The Morgan fingerprint density at radius 1 is 0.909 bits per heavy atom. The van der Waals surface area contributed by atoms with Crippen molar-refractivity contribution in [1.82, 2.24) is 9.21 Å². The van der Waals surface area contributed by atoms with Crippen LogP contribution >= 0.6 is 0 Å². The van der Waals surface area contributed by atoms with E-state index in [0.717, 1.165) is 36.7 Å². The van der Waals surface area contributed by atoms with Crippen molar-refractivity contribution in [3.8, 4) is 0 Å². The topological polar surface area (TPSA) is 124 Å². The minimum atomic E-state index is -3.44. The molecule has 2 atom stereocenters. The van der Waals surface area contributed by atoms with Gasteiger partial charge in [0, 0.05) is 32.2 Å². The van der Waals surface area contributed by atoms with Gasteiger partial charge in [-0.2, -0.15) is 4.31 Å². The number of carboxylic acid groups (broad SMARTS) is 2. The summed E-state index contributed by atoms with van der Waals surface area (Å²) in [4.78, 5) is 21.1. The molecule has 2 N–H and O–H groups in total. The minimum Gasteiger partial charge on any atom is -0.473 e. The molecule has 180 valence electrons. The molecule has 0 radical (unpaired) electrons. The number of carbonyl (C=O) groups is 2. The van der Waals surface area contributed by atoms with Gasteiger partial charge in [0.25, 0.3) is 0 Å². The van der Waals surface area contributed by atoms with E-state index < -0.39 is 22.0 Å². The van der Waals surface area contributed by atoms with Crippen LogP contribution in [0, 0.1) is 0 Å². The molecule has 2 aromatic carbocycles. The van der Waals surface area contributed by atoms with E-state index in [0.29, 0.717) is 24.0 Å². The predicted molar refractivity (Wildman–Crippen MR) is 123 cm³/mol. The molecule has 2 aliphatic heterocycles. The molecule has 0 aliphatic carbocycles. The maximum Gasteiger partial charge on any atom is 0.414 e. The molecule has 33 heavy (non-hydrogen) atoms. The van der Waals surface area contributed by atoms with Crippen molar-refractivity contribution in [1.29, 1.82) is 0 Å². The normalized spacial score (nSPS) is 23.0. The smallest absolute Gasteiger partial charge is 0.414 e. The minimum absolute atomic E-state index is 0.244. The van der Waals surface area contributed by atoms with Crippen molar-refractivity contribution < 1.29 is 33.0 Å². The molecule has 0 saturated carbocycles. The van der Waals surface area contributed by atoms with Gasteiger partial charge in [0.2, 0.25) is 10.0 Å². The van der Waals surface area contributed by atoms with Gasteiger partial charge in [0.15, 0.2) is 0 Å². The van der Waals surface area contributed by atoms with Gasteiger partial charge in [-0.15, -0.1) is 0 Å². The van der Waals surface area contributed by atoms with E-state index in [4.69, 9.17) is 24.5 Å². The second-order valence-electron chi connectivity index (χ2n) is 8.47. The van der Waals surface area contributed by atoms with E-state index in [1.54, 1.807) is 16.4 Å². The van der Waals surface area contributed by atoms with E-state index in [9.17, 15) is 8.42 Å². The van der Waals surface area contributed by atoms with Crippen LogP contribution in [0.4, 0.5) is 0 Å². The average molecular weight is 479 g/mol. The van der Waals surface area contributed by atoms with E-state index in [1.807, 2.05) is 30.3 Å². The number of benzene rings is 2. The Bertz CT molecular complexity index is 1070. The van der Waals surface area contributed by atoms with Crippen LogP contribution in [0.15, 0.2) is 47.4 Å². The monoisotopic (exact) mass is 478 g/mol. The van der Waals surface area contributed by atoms with E-state index in [1.165, 1.54) is 0 Å². The summed E-state index contributed by atoms with van der Waals surface area (Å²) in [6, 6.07) is 13.7. The van der Waals surface area contributed by atoms with Gasteiger partial charge in [0.05, 0.1) is 17.1 Å². The number of piperidine rings is 1. The lowest BCUT2D eigenvalue weighted by Crippen LogP contribution is -2.53. The number of rotatable bonds is 3. The van der Waals surface area contributed by atoms with Crippen LogP contribution in [0.1, 0.15) is 26.7 Å². The number of hydrogen-bond acceptors (Lipinski definition) is 6. The number of ether oxygens (including phenoxy) is 1. The lowest BCUT2D eigenvalue weighted by molar-refractivity contribution is -0.159. The van der Waals surface area contributed by atoms with Crippen molar-refractivity contribution >= 4 is 32.7 Å². The van der Waals surface area contributed by atoms with Gasteiger partial charge in [-0.1, -0.05) is 30.3 Å². The summed E-state index contributed by atoms with van der Waals surface area (Å²) in [6.07, 6.45) is 2.25. The Labute approximate surface area is 193 Å². The summed E-state index contributed by atoms with van der Waals surface area (Å²) < 4.78 is 33.7. The molecular formula is C23H30N2O7S. The molecule has 2 fully saturated rings. The highest BCUT2D eigenvalue weighted by molar-refractivity contribution is 7.89. The summed E-state index contributed by atoms with van der Waals surface area (Å²) in [7, 11) is -3.44. The molecule has 2 saturated heterocycles. The standard InChI is InChI=1S/C21H28N2O3S.C2H2O4/c1-16-14-22(15-17(2)26-16)20-9-11-23(12-10-20)27(24,25)21-8-7-18-5-3-4-6-19(18)13-21;3-1(4)2(5)6/h3-8,13,16-17,20H,9-12,14-15H2,1-2H3;(H,3,4)(H,5,6). The summed E-state index contributed by atoms with van der Waals surface area (Å²) in [5, 5.41) is 16.8. The third kappa shape index (κ3) is 6.29. The highest BCUT2D eigenvalue weighted by Gasteiger charge is 2.34. The van der Waals surface area contributed by atoms with Crippen LogP contribution in [0.25, 0.3) is 10.8 Å². The number of aliphatic carboxylic acids is 2. The maximum absolute atomic E-state index is 13.1. The summed E-state index contributed by atoms with van der Waals surface area (Å²) in [5.41, 5.74) is 0. The number of sulfonamides is 1.